The molecule has 2 aromatic rings. The molecule has 94 valence electrons. The number of rotatable bonds is 3. The summed E-state index contributed by atoms with van der Waals surface area (Å²) >= 11 is 4.95. The zero-order chi connectivity index (χ0) is 13.3. The highest BCUT2D eigenvalue weighted by atomic mass is 79.9. The first kappa shape index (κ1) is 13.2. The number of carboxylic acid groups (broad SMARTS) is 1. The third-order valence-electron chi connectivity index (χ3n) is 2.54. The summed E-state index contributed by atoms with van der Waals surface area (Å²) in [6.07, 6.45) is -0.0356. The minimum Gasteiger partial charge on any atom is -0.481 e. The summed E-state index contributed by atoms with van der Waals surface area (Å²) in [7, 11) is 0. The molecule has 0 aliphatic carbocycles. The molecule has 0 saturated carbocycles. The number of aliphatic carboxylic acids is 1. The lowest BCUT2D eigenvalue weighted by molar-refractivity contribution is -0.136. The molecule has 0 saturated heterocycles. The number of carbonyl (C=O) groups is 1. The van der Waals surface area contributed by atoms with Gasteiger partial charge in [0.1, 0.15) is 0 Å². The third-order valence-corrected chi connectivity index (χ3v) is 4.16. The molecule has 1 N–H and O–H groups in total. The van der Waals surface area contributed by atoms with Crippen LogP contribution < -0.4 is 0 Å². The van der Waals surface area contributed by atoms with Gasteiger partial charge in [-0.05, 0) is 41.9 Å². The largest absolute Gasteiger partial charge is 0.481 e. The van der Waals surface area contributed by atoms with Crippen molar-refractivity contribution >= 4 is 33.2 Å². The minimum atomic E-state index is -0.864. The van der Waals surface area contributed by atoms with Crippen molar-refractivity contribution in [1.29, 1.82) is 0 Å². The Morgan fingerprint density at radius 3 is 2.39 bits per heavy atom. The fraction of sp³-hybridized carbons (Fsp3) is 0.250. The molecule has 0 unspecified atom stereocenters. The molecule has 2 rings (SSSR count). The maximum atomic E-state index is 10.8. The quantitative estimate of drug-likeness (QED) is 0.940. The molecular formula is C12H11BrN2O2S. The topological polar surface area (TPSA) is 63.1 Å². The summed E-state index contributed by atoms with van der Waals surface area (Å²) in [5.74, 6) is -0.216. The SMILES string of the molecule is Cc1nc(-c2ccc(Br)s2)nc(C)c1CC(=O)O. The van der Waals surface area contributed by atoms with Crippen LogP contribution >= 0.6 is 27.3 Å². The van der Waals surface area contributed by atoms with Crippen molar-refractivity contribution in [2.24, 2.45) is 0 Å². The average Bonchev–Trinajstić information content (AvgIpc) is 2.70. The van der Waals surface area contributed by atoms with Gasteiger partial charge >= 0.3 is 5.97 Å². The normalized spacial score (nSPS) is 10.6. The highest BCUT2D eigenvalue weighted by Crippen LogP contribution is 2.29. The van der Waals surface area contributed by atoms with E-state index in [0.717, 1.165) is 20.1 Å². The second kappa shape index (κ2) is 5.16. The molecule has 0 spiro atoms. The Bertz CT molecular complexity index is 587. The summed E-state index contributed by atoms with van der Waals surface area (Å²) < 4.78 is 1.02. The molecule has 0 fully saturated rings. The predicted molar refractivity (Wildman–Crippen MR) is 73.9 cm³/mol. The van der Waals surface area contributed by atoms with Crippen LogP contribution in [0.3, 0.4) is 0 Å². The maximum absolute atomic E-state index is 10.8. The van der Waals surface area contributed by atoms with E-state index in [4.69, 9.17) is 5.11 Å². The van der Waals surface area contributed by atoms with Crippen LogP contribution in [0.15, 0.2) is 15.9 Å². The van der Waals surface area contributed by atoms with Crippen molar-refractivity contribution in [1.82, 2.24) is 9.97 Å². The van der Waals surface area contributed by atoms with Gasteiger partial charge in [-0.1, -0.05) is 0 Å². The first-order valence-electron chi connectivity index (χ1n) is 5.29. The lowest BCUT2D eigenvalue weighted by Crippen LogP contribution is -2.08. The number of hydrogen-bond donors (Lipinski definition) is 1. The highest BCUT2D eigenvalue weighted by Gasteiger charge is 2.13. The first-order valence-corrected chi connectivity index (χ1v) is 6.90. The third kappa shape index (κ3) is 2.76. The number of hydrogen-bond acceptors (Lipinski definition) is 4. The molecule has 18 heavy (non-hydrogen) atoms. The minimum absolute atomic E-state index is 0.0356. The predicted octanol–water partition coefficient (Wildman–Crippen LogP) is 3.21. The monoisotopic (exact) mass is 326 g/mol. The summed E-state index contributed by atoms with van der Waals surface area (Å²) in [5.41, 5.74) is 2.15. The maximum Gasteiger partial charge on any atom is 0.307 e. The zero-order valence-corrected chi connectivity index (χ0v) is 12.3. The van der Waals surface area contributed by atoms with Gasteiger partial charge in [-0.2, -0.15) is 0 Å². The molecule has 0 aliphatic heterocycles. The van der Waals surface area contributed by atoms with Crippen molar-refractivity contribution in [3.63, 3.8) is 0 Å². The molecule has 6 heteroatoms. The Kier molecular flexibility index (Phi) is 3.77. The Hall–Kier alpha value is -1.27. The van der Waals surface area contributed by atoms with Gasteiger partial charge in [0.25, 0.3) is 0 Å². The van der Waals surface area contributed by atoms with Crippen molar-refractivity contribution in [2.45, 2.75) is 20.3 Å². The van der Waals surface area contributed by atoms with Crippen LogP contribution in [0.25, 0.3) is 10.7 Å². The molecule has 0 radical (unpaired) electrons. The van der Waals surface area contributed by atoms with Gasteiger partial charge in [0.15, 0.2) is 5.82 Å². The Balaban J connectivity index is 2.45. The Morgan fingerprint density at radius 1 is 1.33 bits per heavy atom. The molecular weight excluding hydrogens is 316 g/mol. The van der Waals surface area contributed by atoms with Crippen LogP contribution in [0.5, 0.6) is 0 Å². The van der Waals surface area contributed by atoms with E-state index < -0.39 is 5.97 Å². The smallest absolute Gasteiger partial charge is 0.307 e. The summed E-state index contributed by atoms with van der Waals surface area (Å²) in [4.78, 5) is 20.5. The zero-order valence-electron chi connectivity index (χ0n) is 9.90. The standard InChI is InChI=1S/C12H11BrN2O2S/c1-6-8(5-11(16)17)7(2)15-12(14-6)9-3-4-10(13)18-9/h3-4H,5H2,1-2H3,(H,16,17). The van der Waals surface area contributed by atoms with Crippen LogP contribution in [0.4, 0.5) is 0 Å². The lowest BCUT2D eigenvalue weighted by atomic mass is 10.1. The first-order chi connectivity index (χ1) is 8.47. The molecule has 0 aromatic carbocycles. The Morgan fingerprint density at radius 2 is 1.94 bits per heavy atom. The summed E-state index contributed by atoms with van der Waals surface area (Å²) in [6.45, 7) is 3.64. The van der Waals surface area contributed by atoms with E-state index in [9.17, 15) is 4.79 Å². The average molecular weight is 327 g/mol. The molecule has 0 amide bonds. The molecule has 0 aliphatic rings. The fourth-order valence-electron chi connectivity index (χ4n) is 1.69. The summed E-state index contributed by atoms with van der Waals surface area (Å²) in [6, 6.07) is 3.89. The number of nitrogens with zero attached hydrogens (tertiary/aromatic N) is 2. The van der Waals surface area contributed by atoms with Crippen LogP contribution in [-0.4, -0.2) is 21.0 Å². The van der Waals surface area contributed by atoms with Crippen molar-refractivity contribution in [3.05, 3.63) is 32.9 Å². The van der Waals surface area contributed by atoms with E-state index >= 15 is 0 Å². The van der Waals surface area contributed by atoms with Gasteiger partial charge in [0, 0.05) is 17.0 Å². The van der Waals surface area contributed by atoms with Crippen molar-refractivity contribution < 1.29 is 9.90 Å². The van der Waals surface area contributed by atoms with Gasteiger partial charge < -0.3 is 5.11 Å². The fourth-order valence-corrected chi connectivity index (χ4v) is 3.01. The second-order valence-electron chi connectivity index (χ2n) is 3.87. The van der Waals surface area contributed by atoms with Gasteiger partial charge in [-0.15, -0.1) is 11.3 Å². The molecule has 0 bridgehead atoms. The van der Waals surface area contributed by atoms with Gasteiger partial charge in [0.05, 0.1) is 15.1 Å². The number of aromatic nitrogens is 2. The van der Waals surface area contributed by atoms with E-state index in [2.05, 4.69) is 25.9 Å². The molecule has 2 aromatic heterocycles. The second-order valence-corrected chi connectivity index (χ2v) is 6.33. The van der Waals surface area contributed by atoms with E-state index in [1.807, 2.05) is 26.0 Å². The molecule has 0 atom stereocenters. The summed E-state index contributed by atoms with van der Waals surface area (Å²) in [5, 5.41) is 8.85. The van der Waals surface area contributed by atoms with Crippen LogP contribution in [0.2, 0.25) is 0 Å². The van der Waals surface area contributed by atoms with E-state index in [1.54, 1.807) is 11.3 Å². The van der Waals surface area contributed by atoms with Crippen molar-refractivity contribution in [2.75, 3.05) is 0 Å². The van der Waals surface area contributed by atoms with Crippen LogP contribution in [-0.2, 0) is 11.2 Å². The van der Waals surface area contributed by atoms with E-state index in [-0.39, 0.29) is 6.42 Å². The number of thiophene rings is 1. The molecule has 4 nitrogen and oxygen atoms in total. The van der Waals surface area contributed by atoms with Crippen LogP contribution in [0, 0.1) is 13.8 Å². The lowest BCUT2D eigenvalue weighted by Gasteiger charge is -2.08. The van der Waals surface area contributed by atoms with E-state index in [0.29, 0.717) is 11.4 Å². The van der Waals surface area contributed by atoms with E-state index in [1.165, 1.54) is 0 Å². The number of halogens is 1. The van der Waals surface area contributed by atoms with Gasteiger partial charge in [-0.3, -0.25) is 4.79 Å². The van der Waals surface area contributed by atoms with Crippen LogP contribution in [0.1, 0.15) is 17.0 Å². The van der Waals surface area contributed by atoms with Crippen molar-refractivity contribution in [3.8, 4) is 10.7 Å². The number of carboxylic acids is 1. The Labute approximate surface area is 117 Å². The molecule has 2 heterocycles. The number of aryl methyl sites for hydroxylation is 2. The highest BCUT2D eigenvalue weighted by molar-refractivity contribution is 9.11. The van der Waals surface area contributed by atoms with Gasteiger partial charge in [-0.25, -0.2) is 9.97 Å². The van der Waals surface area contributed by atoms with Gasteiger partial charge in [0.2, 0.25) is 0 Å².